The first kappa shape index (κ1) is 14.7. The van der Waals surface area contributed by atoms with Crippen molar-refractivity contribution >= 4 is 5.78 Å². The summed E-state index contributed by atoms with van der Waals surface area (Å²) < 4.78 is 0. The fourth-order valence-electron chi connectivity index (χ4n) is 6.98. The Hall–Kier alpha value is -0.850. The molecular weight excluding hydrogens is 268 g/mol. The molecule has 0 spiro atoms. The van der Waals surface area contributed by atoms with Gasteiger partial charge in [-0.2, -0.15) is 0 Å². The van der Waals surface area contributed by atoms with Gasteiger partial charge in [0.25, 0.3) is 0 Å². The van der Waals surface area contributed by atoms with Crippen LogP contribution in [0.4, 0.5) is 0 Å². The summed E-state index contributed by atoms with van der Waals surface area (Å²) in [4.78, 5) is 11.8. The van der Waals surface area contributed by atoms with E-state index >= 15 is 0 Å². The van der Waals surface area contributed by atoms with Gasteiger partial charge in [0.15, 0.2) is 5.78 Å². The minimum Gasteiger partial charge on any atom is -0.290 e. The van der Waals surface area contributed by atoms with Crippen molar-refractivity contribution < 1.29 is 4.79 Å². The van der Waals surface area contributed by atoms with Gasteiger partial charge in [-0.15, -0.1) is 0 Å². The molecule has 22 heavy (non-hydrogen) atoms. The Labute approximate surface area is 135 Å². The van der Waals surface area contributed by atoms with Gasteiger partial charge in [0.2, 0.25) is 0 Å². The van der Waals surface area contributed by atoms with Crippen molar-refractivity contribution in [3.63, 3.8) is 0 Å². The van der Waals surface area contributed by atoms with Gasteiger partial charge in [-0.25, -0.2) is 0 Å². The highest BCUT2D eigenvalue weighted by Gasteiger charge is 2.57. The smallest absolute Gasteiger partial charge is 0.178 e. The molecule has 1 nitrogen and oxygen atoms in total. The van der Waals surface area contributed by atoms with Gasteiger partial charge < -0.3 is 0 Å². The SMILES string of the molecule is CC[C@H]1CC[C@@H]2[C@@H]3CCC4=CC(=O)C=C[C@]4(C)[C@H]3CC[C@]12C. The molecule has 3 fully saturated rings. The van der Waals surface area contributed by atoms with Crippen LogP contribution in [-0.4, -0.2) is 5.78 Å². The lowest BCUT2D eigenvalue weighted by Crippen LogP contribution is -2.49. The van der Waals surface area contributed by atoms with E-state index in [4.69, 9.17) is 0 Å². The van der Waals surface area contributed by atoms with Crippen molar-refractivity contribution in [2.75, 3.05) is 0 Å². The average molecular weight is 298 g/mol. The molecule has 0 aliphatic heterocycles. The van der Waals surface area contributed by atoms with Gasteiger partial charge in [0, 0.05) is 5.41 Å². The Bertz CT molecular complexity index is 556. The molecular formula is C21H30O. The van der Waals surface area contributed by atoms with E-state index in [2.05, 4.69) is 26.8 Å². The lowest BCUT2D eigenvalue weighted by Gasteiger charge is -2.57. The van der Waals surface area contributed by atoms with E-state index in [1.807, 2.05) is 12.2 Å². The highest BCUT2D eigenvalue weighted by molar-refractivity contribution is 6.01. The zero-order valence-corrected chi connectivity index (χ0v) is 14.4. The second kappa shape index (κ2) is 4.82. The van der Waals surface area contributed by atoms with E-state index in [9.17, 15) is 4.79 Å². The van der Waals surface area contributed by atoms with Gasteiger partial charge in [0.1, 0.15) is 0 Å². The number of hydrogen-bond acceptors (Lipinski definition) is 1. The third-order valence-corrected chi connectivity index (χ3v) is 8.25. The standard InChI is InChI=1S/C21H30O/c1-4-14-6-8-18-17-7-5-15-13-16(22)9-11-21(15,3)19(17)10-12-20(14,18)2/h9,11,13-14,17-19H,4-8,10,12H2,1-3H3/t14-,17-,18+,19-,20+,21-/m0/s1. The van der Waals surface area contributed by atoms with Crippen molar-refractivity contribution in [3.8, 4) is 0 Å². The predicted molar refractivity (Wildman–Crippen MR) is 90.4 cm³/mol. The van der Waals surface area contributed by atoms with Gasteiger partial charge in [-0.3, -0.25) is 4.79 Å². The Morgan fingerprint density at radius 3 is 2.73 bits per heavy atom. The molecule has 4 aliphatic carbocycles. The minimum atomic E-state index is 0.169. The summed E-state index contributed by atoms with van der Waals surface area (Å²) in [6.45, 7) is 7.40. The summed E-state index contributed by atoms with van der Waals surface area (Å²) in [5.41, 5.74) is 2.19. The largest absolute Gasteiger partial charge is 0.290 e. The highest BCUT2D eigenvalue weighted by Crippen LogP contribution is 2.66. The molecule has 0 N–H and O–H groups in total. The van der Waals surface area contributed by atoms with E-state index in [1.165, 1.54) is 44.1 Å². The second-order valence-corrected chi connectivity index (χ2v) is 8.83. The maximum absolute atomic E-state index is 11.8. The lowest BCUT2D eigenvalue weighted by molar-refractivity contribution is -0.111. The Morgan fingerprint density at radius 2 is 1.95 bits per heavy atom. The zero-order valence-electron chi connectivity index (χ0n) is 14.4. The minimum absolute atomic E-state index is 0.169. The van der Waals surface area contributed by atoms with Gasteiger partial charge in [-0.05, 0) is 79.8 Å². The molecule has 0 amide bonds. The number of hydrogen-bond donors (Lipinski definition) is 0. The Morgan fingerprint density at radius 1 is 1.14 bits per heavy atom. The van der Waals surface area contributed by atoms with Crippen molar-refractivity contribution in [1.82, 2.24) is 0 Å². The topological polar surface area (TPSA) is 17.1 Å². The zero-order chi connectivity index (χ0) is 15.5. The molecule has 0 aromatic rings. The summed E-state index contributed by atoms with van der Waals surface area (Å²) in [5.74, 6) is 3.74. The fourth-order valence-corrected chi connectivity index (χ4v) is 6.98. The molecule has 0 saturated heterocycles. The van der Waals surface area contributed by atoms with E-state index < -0.39 is 0 Å². The van der Waals surface area contributed by atoms with E-state index in [0.29, 0.717) is 5.41 Å². The molecule has 0 unspecified atom stereocenters. The van der Waals surface area contributed by atoms with Crippen LogP contribution in [0.3, 0.4) is 0 Å². The van der Waals surface area contributed by atoms with Crippen LogP contribution < -0.4 is 0 Å². The lowest BCUT2D eigenvalue weighted by atomic mass is 9.47. The molecule has 4 aliphatic rings. The normalized spacial score (nSPS) is 50.1. The number of carbonyl (C=O) groups is 1. The summed E-state index contributed by atoms with van der Waals surface area (Å²) in [6, 6.07) is 0. The Balaban J connectivity index is 1.68. The van der Waals surface area contributed by atoms with Crippen LogP contribution in [0.2, 0.25) is 0 Å². The molecule has 3 saturated carbocycles. The number of rotatable bonds is 1. The quantitative estimate of drug-likeness (QED) is 0.640. The number of ketones is 1. The van der Waals surface area contributed by atoms with Crippen LogP contribution in [-0.2, 0) is 4.79 Å². The van der Waals surface area contributed by atoms with Crippen LogP contribution in [0.15, 0.2) is 23.8 Å². The van der Waals surface area contributed by atoms with Crippen molar-refractivity contribution in [3.05, 3.63) is 23.8 Å². The fraction of sp³-hybridized carbons (Fsp3) is 0.762. The molecule has 4 rings (SSSR count). The first-order valence-electron chi connectivity index (χ1n) is 9.43. The first-order chi connectivity index (χ1) is 10.5. The van der Waals surface area contributed by atoms with Crippen molar-refractivity contribution in [2.45, 2.75) is 65.7 Å². The number of fused-ring (bicyclic) bond motifs is 5. The van der Waals surface area contributed by atoms with Gasteiger partial charge in [0.05, 0.1) is 0 Å². The predicted octanol–water partition coefficient (Wildman–Crippen LogP) is 5.32. The third kappa shape index (κ3) is 1.80. The van der Waals surface area contributed by atoms with Crippen molar-refractivity contribution in [1.29, 1.82) is 0 Å². The number of allylic oxidation sites excluding steroid dienone is 4. The number of carbonyl (C=O) groups excluding carboxylic acids is 1. The van der Waals surface area contributed by atoms with Crippen LogP contribution in [0, 0.1) is 34.5 Å². The van der Waals surface area contributed by atoms with Gasteiger partial charge in [-0.1, -0.05) is 38.8 Å². The van der Waals surface area contributed by atoms with E-state index in [0.717, 1.165) is 30.1 Å². The molecule has 1 heteroatoms. The third-order valence-electron chi connectivity index (χ3n) is 8.25. The first-order valence-corrected chi connectivity index (χ1v) is 9.43. The molecule has 0 bridgehead atoms. The molecule has 0 radical (unpaired) electrons. The van der Waals surface area contributed by atoms with Gasteiger partial charge >= 0.3 is 0 Å². The Kier molecular flexibility index (Phi) is 3.23. The average Bonchev–Trinajstić information content (AvgIpc) is 2.84. The summed E-state index contributed by atoms with van der Waals surface area (Å²) >= 11 is 0. The summed E-state index contributed by atoms with van der Waals surface area (Å²) in [6.07, 6.45) is 15.6. The molecule has 6 atom stereocenters. The summed E-state index contributed by atoms with van der Waals surface area (Å²) in [7, 11) is 0. The van der Waals surface area contributed by atoms with E-state index in [1.54, 1.807) is 0 Å². The van der Waals surface area contributed by atoms with Crippen LogP contribution in [0.5, 0.6) is 0 Å². The molecule has 0 heterocycles. The highest BCUT2D eigenvalue weighted by atomic mass is 16.1. The molecule has 0 aromatic carbocycles. The molecule has 0 aromatic heterocycles. The van der Waals surface area contributed by atoms with Crippen molar-refractivity contribution in [2.24, 2.45) is 34.5 Å². The molecule has 120 valence electrons. The second-order valence-electron chi connectivity index (χ2n) is 8.83. The van der Waals surface area contributed by atoms with Crippen LogP contribution >= 0.6 is 0 Å². The monoisotopic (exact) mass is 298 g/mol. The van der Waals surface area contributed by atoms with E-state index in [-0.39, 0.29) is 11.2 Å². The van der Waals surface area contributed by atoms with Crippen LogP contribution in [0.1, 0.15) is 65.7 Å². The maximum Gasteiger partial charge on any atom is 0.178 e. The summed E-state index contributed by atoms with van der Waals surface area (Å²) in [5, 5.41) is 0. The van der Waals surface area contributed by atoms with Crippen LogP contribution in [0.25, 0.3) is 0 Å². The maximum atomic E-state index is 11.8.